The van der Waals surface area contributed by atoms with Gasteiger partial charge in [0, 0.05) is 12.8 Å². The lowest BCUT2D eigenvalue weighted by atomic mass is 9.86. The number of rotatable bonds is 8. The van der Waals surface area contributed by atoms with Crippen molar-refractivity contribution in [2.75, 3.05) is 0 Å². The Morgan fingerprint density at radius 1 is 1.19 bits per heavy atom. The molecule has 1 saturated carbocycles. The van der Waals surface area contributed by atoms with Crippen LogP contribution in [0.15, 0.2) is 0 Å². The molecule has 0 saturated heterocycles. The Kier molecular flexibility index (Phi) is 7.97. The largest absolute Gasteiger partial charge is 0.344 e. The van der Waals surface area contributed by atoms with Crippen molar-refractivity contribution in [2.24, 2.45) is 11.8 Å². The number of hydrazine groups is 1. The Bertz CT molecular complexity index is 365. The predicted molar refractivity (Wildman–Crippen MR) is 80.0 cm³/mol. The lowest BCUT2D eigenvalue weighted by Crippen LogP contribution is -2.49. The molecule has 6 heteroatoms. The third kappa shape index (κ3) is 7.22. The second kappa shape index (κ2) is 9.50. The van der Waals surface area contributed by atoms with E-state index in [0.717, 1.165) is 18.8 Å². The molecule has 6 nitrogen and oxygen atoms in total. The molecule has 1 aliphatic carbocycles. The van der Waals surface area contributed by atoms with Crippen LogP contribution in [0.5, 0.6) is 0 Å². The Morgan fingerprint density at radius 2 is 1.86 bits per heavy atom. The van der Waals surface area contributed by atoms with Crippen LogP contribution in [-0.2, 0) is 14.4 Å². The summed E-state index contributed by atoms with van der Waals surface area (Å²) in [6.07, 6.45) is 8.72. The highest BCUT2D eigenvalue weighted by Crippen LogP contribution is 2.27. The zero-order valence-electron chi connectivity index (χ0n) is 12.8. The molecule has 4 N–H and O–H groups in total. The zero-order valence-corrected chi connectivity index (χ0v) is 12.8. The first-order chi connectivity index (χ1) is 10.0. The molecular formula is C15H27N3O3. The minimum absolute atomic E-state index is 0.0304. The Hall–Kier alpha value is -1.43. The van der Waals surface area contributed by atoms with Gasteiger partial charge >= 0.3 is 0 Å². The topological polar surface area (TPSA) is 101 Å². The number of ketones is 1. The molecule has 21 heavy (non-hydrogen) atoms. The summed E-state index contributed by atoms with van der Waals surface area (Å²) in [6.45, 7) is 1.38. The van der Waals surface area contributed by atoms with E-state index in [4.69, 9.17) is 5.84 Å². The molecule has 0 radical (unpaired) electrons. The van der Waals surface area contributed by atoms with Gasteiger partial charge in [-0.25, -0.2) is 5.84 Å². The van der Waals surface area contributed by atoms with Crippen molar-refractivity contribution in [3.05, 3.63) is 0 Å². The minimum atomic E-state index is -0.866. The van der Waals surface area contributed by atoms with Gasteiger partial charge in [0.25, 0.3) is 5.91 Å². The fourth-order valence-electron chi connectivity index (χ4n) is 2.89. The number of carbonyl (C=O) groups excluding carboxylic acids is 3. The molecule has 0 heterocycles. The Labute approximate surface area is 126 Å². The molecule has 0 aromatic rings. The summed E-state index contributed by atoms with van der Waals surface area (Å²) in [6, 6.07) is -0.866. The van der Waals surface area contributed by atoms with Crippen LogP contribution in [0.4, 0.5) is 0 Å². The normalized spacial score (nSPS) is 17.0. The highest BCUT2D eigenvalue weighted by molar-refractivity contribution is 5.91. The van der Waals surface area contributed by atoms with Crippen molar-refractivity contribution in [1.82, 2.24) is 10.7 Å². The summed E-state index contributed by atoms with van der Waals surface area (Å²) >= 11 is 0. The maximum Gasteiger partial charge on any atom is 0.256 e. The van der Waals surface area contributed by atoms with Crippen LogP contribution in [0, 0.1) is 5.92 Å². The maximum atomic E-state index is 11.9. The molecule has 0 unspecified atom stereocenters. The molecule has 1 aliphatic rings. The first kappa shape index (κ1) is 17.6. The lowest BCUT2D eigenvalue weighted by molar-refractivity contribution is -0.131. The van der Waals surface area contributed by atoms with Crippen molar-refractivity contribution in [1.29, 1.82) is 0 Å². The van der Waals surface area contributed by atoms with E-state index in [1.165, 1.54) is 39.0 Å². The van der Waals surface area contributed by atoms with Gasteiger partial charge in [-0.05, 0) is 25.7 Å². The number of hydrogen-bond donors (Lipinski definition) is 3. The molecule has 0 aromatic carbocycles. The van der Waals surface area contributed by atoms with Crippen molar-refractivity contribution >= 4 is 17.6 Å². The van der Waals surface area contributed by atoms with Crippen LogP contribution in [0.2, 0.25) is 0 Å². The highest BCUT2D eigenvalue weighted by atomic mass is 16.2. The second-order valence-corrected chi connectivity index (χ2v) is 5.93. The van der Waals surface area contributed by atoms with Gasteiger partial charge < -0.3 is 5.32 Å². The van der Waals surface area contributed by atoms with E-state index in [2.05, 4.69) is 5.32 Å². The summed E-state index contributed by atoms with van der Waals surface area (Å²) in [5, 5.41) is 2.58. The van der Waals surface area contributed by atoms with Gasteiger partial charge in [-0.2, -0.15) is 0 Å². The van der Waals surface area contributed by atoms with Crippen LogP contribution in [0.25, 0.3) is 0 Å². The zero-order chi connectivity index (χ0) is 15.7. The van der Waals surface area contributed by atoms with Gasteiger partial charge in [0.05, 0.1) is 0 Å². The fourth-order valence-corrected chi connectivity index (χ4v) is 2.89. The van der Waals surface area contributed by atoms with Gasteiger partial charge in [-0.3, -0.25) is 19.8 Å². The van der Waals surface area contributed by atoms with Crippen LogP contribution in [-0.4, -0.2) is 23.6 Å². The SMILES string of the molecule is CC(=O)C[C@@H](NC(=O)CCCC1CCCCC1)C(=O)NN. The Morgan fingerprint density at radius 3 is 2.43 bits per heavy atom. The van der Waals surface area contributed by atoms with E-state index in [-0.39, 0.29) is 18.1 Å². The number of nitrogens with two attached hydrogens (primary N) is 1. The van der Waals surface area contributed by atoms with Gasteiger partial charge in [-0.1, -0.05) is 32.1 Å². The van der Waals surface area contributed by atoms with E-state index in [1.807, 2.05) is 5.43 Å². The second-order valence-electron chi connectivity index (χ2n) is 5.93. The molecule has 1 fully saturated rings. The van der Waals surface area contributed by atoms with Crippen LogP contribution in [0.1, 0.15) is 64.7 Å². The smallest absolute Gasteiger partial charge is 0.256 e. The molecule has 0 aliphatic heterocycles. The minimum Gasteiger partial charge on any atom is -0.344 e. The average Bonchev–Trinajstić information content (AvgIpc) is 2.46. The summed E-state index contributed by atoms with van der Waals surface area (Å²) in [4.78, 5) is 34.5. The van der Waals surface area contributed by atoms with Gasteiger partial charge in [-0.15, -0.1) is 0 Å². The first-order valence-corrected chi connectivity index (χ1v) is 7.82. The van der Waals surface area contributed by atoms with Crippen molar-refractivity contribution < 1.29 is 14.4 Å². The fraction of sp³-hybridized carbons (Fsp3) is 0.800. The van der Waals surface area contributed by atoms with Crippen molar-refractivity contribution in [2.45, 2.75) is 70.8 Å². The molecule has 120 valence electrons. The summed E-state index contributed by atoms with van der Waals surface area (Å²) in [5.74, 6) is 4.91. The number of Topliss-reactive ketones (excluding diaryl/α,β-unsaturated/α-hetero) is 1. The molecule has 0 aromatic heterocycles. The molecule has 0 bridgehead atoms. The van der Waals surface area contributed by atoms with Crippen molar-refractivity contribution in [3.63, 3.8) is 0 Å². The molecule has 2 amide bonds. The maximum absolute atomic E-state index is 11.9. The summed E-state index contributed by atoms with van der Waals surface area (Å²) < 4.78 is 0. The summed E-state index contributed by atoms with van der Waals surface area (Å²) in [7, 11) is 0. The highest BCUT2D eigenvalue weighted by Gasteiger charge is 2.21. The molecule has 0 spiro atoms. The van der Waals surface area contributed by atoms with E-state index in [9.17, 15) is 14.4 Å². The third-order valence-electron chi connectivity index (χ3n) is 4.03. The van der Waals surface area contributed by atoms with E-state index >= 15 is 0 Å². The Balaban J connectivity index is 2.28. The third-order valence-corrected chi connectivity index (χ3v) is 4.03. The van der Waals surface area contributed by atoms with Crippen molar-refractivity contribution in [3.8, 4) is 0 Å². The predicted octanol–water partition coefficient (Wildman–Crippen LogP) is 1.19. The van der Waals surface area contributed by atoms with Gasteiger partial charge in [0.2, 0.25) is 5.91 Å². The van der Waals surface area contributed by atoms with E-state index in [1.54, 1.807) is 0 Å². The van der Waals surface area contributed by atoms with Crippen LogP contribution >= 0.6 is 0 Å². The first-order valence-electron chi connectivity index (χ1n) is 7.82. The summed E-state index contributed by atoms with van der Waals surface area (Å²) in [5.41, 5.74) is 1.98. The van der Waals surface area contributed by atoms with E-state index in [0.29, 0.717) is 6.42 Å². The standard InChI is InChI=1S/C15H27N3O3/c1-11(19)10-13(15(21)18-16)17-14(20)9-5-8-12-6-3-2-4-7-12/h12-13H,2-10,16H2,1H3,(H,17,20)(H,18,21)/t13-/m1/s1. The quantitative estimate of drug-likeness (QED) is 0.356. The van der Waals surface area contributed by atoms with Gasteiger partial charge in [0.15, 0.2) is 0 Å². The average molecular weight is 297 g/mol. The van der Waals surface area contributed by atoms with Gasteiger partial charge in [0.1, 0.15) is 11.8 Å². The van der Waals surface area contributed by atoms with E-state index < -0.39 is 11.9 Å². The van der Waals surface area contributed by atoms with Crippen LogP contribution in [0.3, 0.4) is 0 Å². The number of carbonyl (C=O) groups is 3. The molecular weight excluding hydrogens is 270 g/mol. The number of hydrogen-bond acceptors (Lipinski definition) is 4. The number of nitrogens with one attached hydrogen (secondary N) is 2. The number of amides is 2. The van der Waals surface area contributed by atoms with Crippen LogP contribution < -0.4 is 16.6 Å². The molecule has 1 atom stereocenters. The monoisotopic (exact) mass is 297 g/mol. The molecule has 1 rings (SSSR count). The lowest BCUT2D eigenvalue weighted by Gasteiger charge is -2.21.